The van der Waals surface area contributed by atoms with Crippen LogP contribution in [-0.2, 0) is 0 Å². The molecule has 82 valence electrons. The van der Waals surface area contributed by atoms with Gasteiger partial charge < -0.3 is 4.90 Å². The molecule has 2 atom stereocenters. The summed E-state index contributed by atoms with van der Waals surface area (Å²) in [5, 5.41) is 0. The van der Waals surface area contributed by atoms with Crippen molar-refractivity contribution in [3.8, 4) is 0 Å². The molecule has 0 N–H and O–H groups in total. The molecule has 2 heteroatoms. The summed E-state index contributed by atoms with van der Waals surface area (Å²) in [6.07, 6.45) is 1.41. The molecule has 0 aromatic carbocycles. The normalized spacial score (nSPS) is 36.0. The fourth-order valence-electron chi connectivity index (χ4n) is 3.01. The highest BCUT2D eigenvalue weighted by Gasteiger charge is 2.38. The predicted octanol–water partition coefficient (Wildman–Crippen LogP) is 1.67. The van der Waals surface area contributed by atoms with Gasteiger partial charge in [-0.15, -0.1) is 0 Å². The molecule has 2 saturated heterocycles. The fraction of sp³-hybridized carbons (Fsp3) is 1.00. The van der Waals surface area contributed by atoms with Crippen molar-refractivity contribution >= 4 is 0 Å². The number of likely N-dealkylation sites (tertiary alicyclic amines) is 2. The molecule has 0 aromatic rings. The van der Waals surface area contributed by atoms with Crippen molar-refractivity contribution in [3.05, 3.63) is 0 Å². The predicted molar refractivity (Wildman–Crippen MR) is 60.4 cm³/mol. The standard InChI is InChI=1S/C12H24N2/c1-12(2,3)14-6-5-10-7-13(4)8-11(10)9-14/h10-11H,5-9H2,1-4H3. The number of hydrogen-bond donors (Lipinski definition) is 0. The average molecular weight is 196 g/mol. The van der Waals surface area contributed by atoms with Crippen molar-refractivity contribution in [2.75, 3.05) is 33.2 Å². The Labute approximate surface area is 88.3 Å². The third-order valence-electron chi connectivity index (χ3n) is 3.93. The number of rotatable bonds is 0. The first-order chi connectivity index (χ1) is 6.47. The van der Waals surface area contributed by atoms with Crippen LogP contribution < -0.4 is 0 Å². The van der Waals surface area contributed by atoms with E-state index in [0.717, 1.165) is 11.8 Å². The monoisotopic (exact) mass is 196 g/mol. The fourth-order valence-corrected chi connectivity index (χ4v) is 3.01. The van der Waals surface area contributed by atoms with Crippen molar-refractivity contribution in [2.24, 2.45) is 11.8 Å². The Morgan fingerprint density at radius 3 is 2.29 bits per heavy atom. The lowest BCUT2D eigenvalue weighted by atomic mass is 9.86. The number of fused-ring (bicyclic) bond motifs is 1. The van der Waals surface area contributed by atoms with E-state index in [9.17, 15) is 0 Å². The van der Waals surface area contributed by atoms with Gasteiger partial charge in [-0.3, -0.25) is 4.90 Å². The molecule has 2 unspecified atom stereocenters. The van der Waals surface area contributed by atoms with Crippen LogP contribution in [0.5, 0.6) is 0 Å². The summed E-state index contributed by atoms with van der Waals surface area (Å²) >= 11 is 0. The highest BCUT2D eigenvalue weighted by atomic mass is 15.2. The van der Waals surface area contributed by atoms with E-state index < -0.39 is 0 Å². The summed E-state index contributed by atoms with van der Waals surface area (Å²) in [5.74, 6) is 1.92. The molecule has 2 fully saturated rings. The zero-order chi connectivity index (χ0) is 10.3. The molecule has 0 aliphatic carbocycles. The van der Waals surface area contributed by atoms with Gasteiger partial charge in [0, 0.05) is 25.2 Å². The summed E-state index contributed by atoms with van der Waals surface area (Å²) in [5.41, 5.74) is 0.367. The van der Waals surface area contributed by atoms with Crippen molar-refractivity contribution in [1.82, 2.24) is 9.80 Å². The summed E-state index contributed by atoms with van der Waals surface area (Å²) in [6.45, 7) is 12.3. The number of piperidine rings is 1. The van der Waals surface area contributed by atoms with Crippen LogP contribution in [0.2, 0.25) is 0 Å². The second kappa shape index (κ2) is 3.49. The Kier molecular flexibility index (Phi) is 2.61. The van der Waals surface area contributed by atoms with Gasteiger partial charge in [0.2, 0.25) is 0 Å². The van der Waals surface area contributed by atoms with Crippen LogP contribution in [-0.4, -0.2) is 48.6 Å². The first kappa shape index (κ1) is 10.4. The van der Waals surface area contributed by atoms with E-state index in [1.807, 2.05) is 0 Å². The molecule has 2 aliphatic rings. The molecule has 0 aromatic heterocycles. The highest BCUT2D eigenvalue weighted by molar-refractivity contribution is 4.92. The molecule has 0 spiro atoms. The number of nitrogens with zero attached hydrogens (tertiary/aromatic N) is 2. The van der Waals surface area contributed by atoms with E-state index in [0.29, 0.717) is 5.54 Å². The van der Waals surface area contributed by atoms with Gasteiger partial charge in [0.05, 0.1) is 0 Å². The first-order valence-electron chi connectivity index (χ1n) is 5.90. The van der Waals surface area contributed by atoms with Gasteiger partial charge in [-0.2, -0.15) is 0 Å². The molecule has 2 aliphatic heterocycles. The minimum Gasteiger partial charge on any atom is -0.306 e. The third-order valence-corrected chi connectivity index (χ3v) is 3.93. The van der Waals surface area contributed by atoms with Gasteiger partial charge in [0.1, 0.15) is 0 Å². The average Bonchev–Trinajstić information content (AvgIpc) is 2.41. The Morgan fingerprint density at radius 2 is 1.64 bits per heavy atom. The van der Waals surface area contributed by atoms with Crippen molar-refractivity contribution in [2.45, 2.75) is 32.7 Å². The van der Waals surface area contributed by atoms with Crippen molar-refractivity contribution < 1.29 is 0 Å². The maximum Gasteiger partial charge on any atom is 0.0125 e. The topological polar surface area (TPSA) is 6.48 Å². The van der Waals surface area contributed by atoms with Gasteiger partial charge in [-0.25, -0.2) is 0 Å². The molecule has 2 rings (SSSR count). The van der Waals surface area contributed by atoms with Crippen LogP contribution in [0.3, 0.4) is 0 Å². The molecular formula is C12H24N2. The lowest BCUT2D eigenvalue weighted by molar-refractivity contribution is 0.0642. The van der Waals surface area contributed by atoms with Crippen molar-refractivity contribution in [1.29, 1.82) is 0 Å². The Balaban J connectivity index is 1.98. The van der Waals surface area contributed by atoms with E-state index in [2.05, 4.69) is 37.6 Å². The maximum absolute atomic E-state index is 2.66. The molecule has 2 heterocycles. The first-order valence-corrected chi connectivity index (χ1v) is 5.90. The molecule has 0 radical (unpaired) electrons. The second-order valence-corrected chi connectivity index (χ2v) is 6.15. The summed E-state index contributed by atoms with van der Waals surface area (Å²) < 4.78 is 0. The van der Waals surface area contributed by atoms with E-state index in [1.54, 1.807) is 0 Å². The van der Waals surface area contributed by atoms with Crippen LogP contribution in [0.4, 0.5) is 0 Å². The molecule has 0 bridgehead atoms. The zero-order valence-electron chi connectivity index (χ0n) is 10.1. The van der Waals surface area contributed by atoms with Crippen molar-refractivity contribution in [3.63, 3.8) is 0 Å². The van der Waals surface area contributed by atoms with Crippen LogP contribution in [0.1, 0.15) is 27.2 Å². The van der Waals surface area contributed by atoms with E-state index >= 15 is 0 Å². The lowest BCUT2D eigenvalue weighted by Gasteiger charge is -2.42. The second-order valence-electron chi connectivity index (χ2n) is 6.15. The largest absolute Gasteiger partial charge is 0.306 e. The Bertz CT molecular complexity index is 207. The molecule has 2 nitrogen and oxygen atoms in total. The highest BCUT2D eigenvalue weighted by Crippen LogP contribution is 2.32. The quantitative estimate of drug-likeness (QED) is 0.581. The Hall–Kier alpha value is -0.0800. The van der Waals surface area contributed by atoms with Crippen LogP contribution in [0, 0.1) is 11.8 Å². The van der Waals surface area contributed by atoms with E-state index in [4.69, 9.17) is 0 Å². The minimum atomic E-state index is 0.367. The smallest absolute Gasteiger partial charge is 0.0125 e. The SMILES string of the molecule is CN1CC2CCN(C(C)(C)C)CC2C1. The molecule has 0 saturated carbocycles. The van der Waals surface area contributed by atoms with Gasteiger partial charge >= 0.3 is 0 Å². The van der Waals surface area contributed by atoms with Crippen LogP contribution in [0.25, 0.3) is 0 Å². The zero-order valence-corrected chi connectivity index (χ0v) is 10.1. The van der Waals surface area contributed by atoms with Gasteiger partial charge in [-0.05, 0) is 52.6 Å². The summed E-state index contributed by atoms with van der Waals surface area (Å²) in [7, 11) is 2.26. The maximum atomic E-state index is 2.66. The molecule has 14 heavy (non-hydrogen) atoms. The lowest BCUT2D eigenvalue weighted by Crippen LogP contribution is -2.49. The number of hydrogen-bond acceptors (Lipinski definition) is 2. The van der Waals surface area contributed by atoms with Crippen LogP contribution >= 0.6 is 0 Å². The van der Waals surface area contributed by atoms with E-state index in [1.165, 1.54) is 32.6 Å². The minimum absolute atomic E-state index is 0.367. The summed E-state index contributed by atoms with van der Waals surface area (Å²) in [6, 6.07) is 0. The Morgan fingerprint density at radius 1 is 1.00 bits per heavy atom. The summed E-state index contributed by atoms with van der Waals surface area (Å²) in [4.78, 5) is 5.16. The van der Waals surface area contributed by atoms with Crippen LogP contribution in [0.15, 0.2) is 0 Å². The molecular weight excluding hydrogens is 172 g/mol. The van der Waals surface area contributed by atoms with Gasteiger partial charge in [-0.1, -0.05) is 0 Å². The third kappa shape index (κ3) is 1.96. The molecule has 0 amide bonds. The van der Waals surface area contributed by atoms with Gasteiger partial charge in [0.25, 0.3) is 0 Å². The van der Waals surface area contributed by atoms with Gasteiger partial charge in [0.15, 0.2) is 0 Å². The van der Waals surface area contributed by atoms with E-state index in [-0.39, 0.29) is 0 Å².